The Morgan fingerprint density at radius 1 is 0.967 bits per heavy atom. The maximum absolute atomic E-state index is 12.6. The molecule has 0 atom stereocenters. The van der Waals surface area contributed by atoms with Crippen LogP contribution in [0.3, 0.4) is 0 Å². The first-order valence-electron chi connectivity index (χ1n) is 8.71. The second kappa shape index (κ2) is 7.43. The van der Waals surface area contributed by atoms with Crippen molar-refractivity contribution in [3.63, 3.8) is 0 Å². The predicted octanol–water partition coefficient (Wildman–Crippen LogP) is 4.07. The van der Waals surface area contributed by atoms with Crippen LogP contribution in [0, 0.1) is 20.2 Å². The normalized spacial score (nSPS) is 10.7. The Hall–Kier alpha value is -4.60. The fourth-order valence-corrected chi connectivity index (χ4v) is 3.01. The van der Waals surface area contributed by atoms with E-state index in [1.54, 1.807) is 18.2 Å². The fraction of sp³-hybridized carbons (Fsp3) is 0. The second-order valence-corrected chi connectivity index (χ2v) is 6.34. The van der Waals surface area contributed by atoms with Crippen LogP contribution in [-0.2, 0) is 0 Å². The summed E-state index contributed by atoms with van der Waals surface area (Å²) in [5.41, 5.74) is 1.23. The fourth-order valence-electron chi connectivity index (χ4n) is 3.01. The predicted molar refractivity (Wildman–Crippen MR) is 108 cm³/mol. The van der Waals surface area contributed by atoms with Crippen molar-refractivity contribution in [1.29, 1.82) is 0 Å². The average molecular weight is 403 g/mol. The quantitative estimate of drug-likeness (QED) is 0.394. The number of rotatable bonds is 5. The molecule has 0 fully saturated rings. The van der Waals surface area contributed by atoms with Crippen LogP contribution >= 0.6 is 0 Å². The van der Waals surface area contributed by atoms with Crippen molar-refractivity contribution in [3.8, 4) is 11.3 Å². The van der Waals surface area contributed by atoms with Gasteiger partial charge < -0.3 is 9.72 Å². The molecule has 1 amide bonds. The molecule has 0 saturated carbocycles. The lowest BCUT2D eigenvalue weighted by molar-refractivity contribution is -0.394. The summed E-state index contributed by atoms with van der Waals surface area (Å²) in [7, 11) is 0. The maximum Gasteiger partial charge on any atom is 0.289 e. The van der Waals surface area contributed by atoms with E-state index in [0.29, 0.717) is 11.4 Å². The Balaban J connectivity index is 1.63. The van der Waals surface area contributed by atoms with Crippen molar-refractivity contribution in [3.05, 3.63) is 98.8 Å². The van der Waals surface area contributed by atoms with Crippen LogP contribution in [-0.4, -0.2) is 25.1 Å². The number of aromatic nitrogens is 2. The Bertz CT molecular complexity index is 1280. The van der Waals surface area contributed by atoms with Crippen molar-refractivity contribution < 1.29 is 14.6 Å². The summed E-state index contributed by atoms with van der Waals surface area (Å²) in [5.74, 6) is -0.747. The number of hydrogen-bond donors (Lipinski definition) is 1. The lowest BCUT2D eigenvalue weighted by Crippen LogP contribution is -2.14. The number of fused-ring (bicyclic) bond motifs is 1. The topological polar surface area (TPSA) is 133 Å². The number of nitro groups is 2. The van der Waals surface area contributed by atoms with Crippen molar-refractivity contribution >= 4 is 28.6 Å². The Morgan fingerprint density at radius 2 is 1.80 bits per heavy atom. The number of nitro benzene ring substituents is 2. The minimum absolute atomic E-state index is 0.274. The molecule has 10 nitrogen and oxygen atoms in total. The molecule has 0 aliphatic rings. The number of benzene rings is 2. The smallest absolute Gasteiger partial charge is 0.289 e. The molecule has 2 aromatic heterocycles. The van der Waals surface area contributed by atoms with Gasteiger partial charge in [-0.2, -0.15) is 0 Å². The van der Waals surface area contributed by atoms with Crippen LogP contribution in [0.15, 0.2) is 73.1 Å². The van der Waals surface area contributed by atoms with Gasteiger partial charge in [0.25, 0.3) is 17.3 Å². The molecule has 0 aliphatic carbocycles. The highest BCUT2D eigenvalue weighted by molar-refractivity contribution is 6.07. The molecular weight excluding hydrogens is 390 g/mol. The highest BCUT2D eigenvalue weighted by Crippen LogP contribution is 2.27. The van der Waals surface area contributed by atoms with E-state index in [2.05, 4.69) is 10.3 Å². The van der Waals surface area contributed by atoms with Crippen LogP contribution < -0.4 is 5.32 Å². The van der Waals surface area contributed by atoms with E-state index in [-0.39, 0.29) is 5.56 Å². The Kier molecular flexibility index (Phi) is 4.64. The molecule has 30 heavy (non-hydrogen) atoms. The molecule has 1 N–H and O–H groups in total. The summed E-state index contributed by atoms with van der Waals surface area (Å²) in [6, 6.07) is 15.4. The van der Waals surface area contributed by atoms with E-state index in [1.165, 1.54) is 0 Å². The molecule has 0 aliphatic heterocycles. The van der Waals surface area contributed by atoms with Gasteiger partial charge in [0.1, 0.15) is 11.2 Å². The van der Waals surface area contributed by atoms with Crippen molar-refractivity contribution in [2.75, 3.05) is 5.32 Å². The maximum atomic E-state index is 12.6. The van der Waals surface area contributed by atoms with Crippen LogP contribution in [0.25, 0.3) is 16.9 Å². The lowest BCUT2D eigenvalue weighted by Gasteiger charge is -2.07. The largest absolute Gasteiger partial charge is 0.322 e. The number of amides is 1. The van der Waals surface area contributed by atoms with Gasteiger partial charge in [-0.15, -0.1) is 0 Å². The first kappa shape index (κ1) is 18.7. The van der Waals surface area contributed by atoms with Gasteiger partial charge in [0.15, 0.2) is 0 Å². The molecule has 0 spiro atoms. The van der Waals surface area contributed by atoms with Gasteiger partial charge in [-0.1, -0.05) is 18.2 Å². The summed E-state index contributed by atoms with van der Waals surface area (Å²) < 4.78 is 1.86. The molecule has 4 aromatic rings. The first-order valence-corrected chi connectivity index (χ1v) is 8.71. The Labute approximate surface area is 168 Å². The van der Waals surface area contributed by atoms with Gasteiger partial charge in [0, 0.05) is 29.7 Å². The third-order valence-corrected chi connectivity index (χ3v) is 4.41. The summed E-state index contributed by atoms with van der Waals surface area (Å²) in [6.45, 7) is 0. The van der Waals surface area contributed by atoms with Crippen LogP contribution in [0.5, 0.6) is 0 Å². The summed E-state index contributed by atoms with van der Waals surface area (Å²) in [5, 5.41) is 24.7. The van der Waals surface area contributed by atoms with E-state index in [9.17, 15) is 25.0 Å². The van der Waals surface area contributed by atoms with Crippen molar-refractivity contribution in [1.82, 2.24) is 9.38 Å². The van der Waals surface area contributed by atoms with E-state index in [0.717, 1.165) is 29.4 Å². The van der Waals surface area contributed by atoms with Crippen LogP contribution in [0.1, 0.15) is 10.4 Å². The Morgan fingerprint density at radius 3 is 2.53 bits per heavy atom. The monoisotopic (exact) mass is 403 g/mol. The molecule has 0 radical (unpaired) electrons. The van der Waals surface area contributed by atoms with E-state index in [1.807, 2.05) is 41.1 Å². The average Bonchev–Trinajstić information content (AvgIpc) is 3.17. The van der Waals surface area contributed by atoms with Crippen LogP contribution in [0.2, 0.25) is 0 Å². The molecular formula is C20H13N5O5. The summed E-state index contributed by atoms with van der Waals surface area (Å²) in [6.07, 6.45) is 3.71. The first-order chi connectivity index (χ1) is 14.4. The third-order valence-electron chi connectivity index (χ3n) is 4.41. The number of carbonyl (C=O) groups is 1. The zero-order chi connectivity index (χ0) is 21.3. The third kappa shape index (κ3) is 3.56. The van der Waals surface area contributed by atoms with Gasteiger partial charge in [-0.25, -0.2) is 4.98 Å². The number of pyridine rings is 1. The van der Waals surface area contributed by atoms with Gasteiger partial charge >= 0.3 is 0 Å². The number of nitrogens with zero attached hydrogens (tertiary/aromatic N) is 4. The lowest BCUT2D eigenvalue weighted by atomic mass is 10.1. The highest BCUT2D eigenvalue weighted by Gasteiger charge is 2.24. The summed E-state index contributed by atoms with van der Waals surface area (Å²) in [4.78, 5) is 37.7. The van der Waals surface area contributed by atoms with Gasteiger partial charge in [-0.05, 0) is 30.3 Å². The molecule has 148 valence electrons. The molecule has 0 bridgehead atoms. The molecule has 0 unspecified atom stereocenters. The number of hydrogen-bond acceptors (Lipinski definition) is 6. The van der Waals surface area contributed by atoms with Crippen molar-refractivity contribution in [2.45, 2.75) is 0 Å². The molecule has 2 aromatic carbocycles. The molecule has 0 saturated heterocycles. The second-order valence-electron chi connectivity index (χ2n) is 6.34. The number of carbonyl (C=O) groups excluding carboxylic acids is 1. The van der Waals surface area contributed by atoms with E-state index in [4.69, 9.17) is 0 Å². The van der Waals surface area contributed by atoms with Gasteiger partial charge in [0.05, 0.1) is 21.6 Å². The minimum Gasteiger partial charge on any atom is -0.322 e. The molecule has 4 rings (SSSR count). The zero-order valence-electron chi connectivity index (χ0n) is 15.3. The summed E-state index contributed by atoms with van der Waals surface area (Å²) >= 11 is 0. The van der Waals surface area contributed by atoms with Crippen molar-refractivity contribution in [2.24, 2.45) is 0 Å². The van der Waals surface area contributed by atoms with Gasteiger partial charge in [0.2, 0.25) is 0 Å². The number of anilines is 1. The SMILES string of the molecule is O=C(Nc1cccc(-c2cn3ccccc3n2)c1)c1ccc([N+](=O)[O-])cc1[N+](=O)[O-]. The van der Waals surface area contributed by atoms with Gasteiger partial charge in [-0.3, -0.25) is 25.0 Å². The number of non-ortho nitro benzene ring substituents is 1. The standard InChI is InChI=1S/C20H13N5O5/c26-20(16-8-7-15(24(27)28)11-18(16)25(29)30)21-14-5-3-4-13(10-14)17-12-23-9-2-1-6-19(23)22-17/h1-12H,(H,21,26). The highest BCUT2D eigenvalue weighted by atomic mass is 16.6. The zero-order valence-corrected chi connectivity index (χ0v) is 15.3. The van der Waals surface area contributed by atoms with E-state index < -0.39 is 27.1 Å². The van der Waals surface area contributed by atoms with E-state index >= 15 is 0 Å². The molecule has 2 heterocycles. The number of nitrogens with one attached hydrogen (secondary N) is 1. The number of imidazole rings is 1. The minimum atomic E-state index is -0.824. The molecule has 10 heteroatoms. The van der Waals surface area contributed by atoms with Crippen LogP contribution in [0.4, 0.5) is 17.1 Å².